The third kappa shape index (κ3) is 6.58. The first kappa shape index (κ1) is 12.4. The molecule has 3 nitrogen and oxygen atoms in total. The number of carboxylic acids is 1. The van der Waals surface area contributed by atoms with Gasteiger partial charge in [0, 0.05) is 0 Å². The first-order valence-electron chi connectivity index (χ1n) is 4.77. The van der Waals surface area contributed by atoms with Crippen molar-refractivity contribution in [1.29, 1.82) is 0 Å². The van der Waals surface area contributed by atoms with Crippen LogP contribution in [0, 0.1) is 11.8 Å². The van der Waals surface area contributed by atoms with E-state index in [2.05, 4.69) is 0 Å². The van der Waals surface area contributed by atoms with Crippen LogP contribution in [0.2, 0.25) is 0 Å². The van der Waals surface area contributed by atoms with Gasteiger partial charge in [0.15, 0.2) is 6.10 Å². The molecule has 0 aliphatic rings. The molecule has 0 spiro atoms. The van der Waals surface area contributed by atoms with Gasteiger partial charge >= 0.3 is 5.97 Å². The molecule has 0 heterocycles. The highest BCUT2D eigenvalue weighted by Crippen LogP contribution is 2.09. The highest BCUT2D eigenvalue weighted by molar-refractivity contribution is 5.72. The molecular weight excluding hydrogens is 168 g/mol. The van der Waals surface area contributed by atoms with Gasteiger partial charge in [-0.1, -0.05) is 27.7 Å². The highest BCUT2D eigenvalue weighted by atomic mass is 16.5. The van der Waals surface area contributed by atoms with Gasteiger partial charge in [0.2, 0.25) is 0 Å². The van der Waals surface area contributed by atoms with Gasteiger partial charge in [-0.05, 0) is 18.3 Å². The van der Waals surface area contributed by atoms with Gasteiger partial charge in [0.05, 0.1) is 6.61 Å². The molecule has 1 N–H and O–H groups in total. The van der Waals surface area contributed by atoms with Crippen LogP contribution in [0.25, 0.3) is 0 Å². The topological polar surface area (TPSA) is 46.5 Å². The molecule has 3 heteroatoms. The number of carboxylic acid groups (broad SMARTS) is 1. The maximum atomic E-state index is 10.7. The van der Waals surface area contributed by atoms with E-state index in [1.807, 2.05) is 27.7 Å². The van der Waals surface area contributed by atoms with E-state index in [4.69, 9.17) is 9.84 Å². The molecule has 0 aromatic heterocycles. The molecule has 0 bridgehead atoms. The molecule has 0 fully saturated rings. The van der Waals surface area contributed by atoms with Gasteiger partial charge in [0.25, 0.3) is 0 Å². The summed E-state index contributed by atoms with van der Waals surface area (Å²) in [5.74, 6) is -0.114. The van der Waals surface area contributed by atoms with Crippen LogP contribution < -0.4 is 0 Å². The maximum Gasteiger partial charge on any atom is 0.332 e. The first-order valence-corrected chi connectivity index (χ1v) is 4.77. The Kier molecular flexibility index (Phi) is 5.71. The summed E-state index contributed by atoms with van der Waals surface area (Å²) in [4.78, 5) is 10.7. The molecule has 1 atom stereocenters. The maximum absolute atomic E-state index is 10.7. The van der Waals surface area contributed by atoms with E-state index in [0.717, 1.165) is 0 Å². The van der Waals surface area contributed by atoms with E-state index >= 15 is 0 Å². The summed E-state index contributed by atoms with van der Waals surface area (Å²) in [6.45, 7) is 8.52. The van der Waals surface area contributed by atoms with E-state index < -0.39 is 12.1 Å². The lowest BCUT2D eigenvalue weighted by Crippen LogP contribution is -2.27. The molecule has 78 valence electrons. The van der Waals surface area contributed by atoms with Crippen LogP contribution in [-0.4, -0.2) is 23.8 Å². The summed E-state index contributed by atoms with van der Waals surface area (Å²) in [7, 11) is 0. The van der Waals surface area contributed by atoms with Crippen molar-refractivity contribution in [2.24, 2.45) is 11.8 Å². The SMILES string of the molecule is CC(C)COC(CC(C)C)C(=O)O. The molecule has 13 heavy (non-hydrogen) atoms. The largest absolute Gasteiger partial charge is 0.479 e. The number of rotatable bonds is 6. The first-order chi connectivity index (χ1) is 5.93. The van der Waals surface area contributed by atoms with Crippen LogP contribution in [-0.2, 0) is 9.53 Å². The quantitative estimate of drug-likeness (QED) is 0.694. The van der Waals surface area contributed by atoms with Crippen molar-refractivity contribution in [3.8, 4) is 0 Å². The van der Waals surface area contributed by atoms with Gasteiger partial charge in [-0.15, -0.1) is 0 Å². The Labute approximate surface area is 80.1 Å². The fourth-order valence-electron chi connectivity index (χ4n) is 0.977. The molecule has 0 aliphatic heterocycles. The van der Waals surface area contributed by atoms with E-state index in [1.54, 1.807) is 0 Å². The van der Waals surface area contributed by atoms with Gasteiger partial charge in [-0.2, -0.15) is 0 Å². The van der Waals surface area contributed by atoms with Crippen molar-refractivity contribution in [2.75, 3.05) is 6.61 Å². The molecule has 0 saturated carbocycles. The minimum atomic E-state index is -0.852. The van der Waals surface area contributed by atoms with Crippen LogP contribution in [0.15, 0.2) is 0 Å². The zero-order valence-electron chi connectivity index (χ0n) is 8.91. The predicted molar refractivity (Wildman–Crippen MR) is 51.7 cm³/mol. The summed E-state index contributed by atoms with van der Waals surface area (Å²) in [6.07, 6.45) is -0.0513. The Bertz CT molecular complexity index is 152. The minimum Gasteiger partial charge on any atom is -0.479 e. The molecule has 0 amide bonds. The molecular formula is C10H20O3. The van der Waals surface area contributed by atoms with Crippen LogP contribution in [0.5, 0.6) is 0 Å². The normalized spacial score (nSPS) is 13.7. The Morgan fingerprint density at radius 2 is 1.77 bits per heavy atom. The molecule has 1 unspecified atom stereocenters. The lowest BCUT2D eigenvalue weighted by atomic mass is 10.1. The zero-order chi connectivity index (χ0) is 10.4. The van der Waals surface area contributed by atoms with E-state index in [1.165, 1.54) is 0 Å². The van der Waals surface area contributed by atoms with E-state index in [0.29, 0.717) is 24.9 Å². The van der Waals surface area contributed by atoms with Gasteiger partial charge < -0.3 is 9.84 Å². The van der Waals surface area contributed by atoms with E-state index in [9.17, 15) is 4.79 Å². The molecule has 0 aromatic rings. The van der Waals surface area contributed by atoms with Crippen LogP contribution >= 0.6 is 0 Å². The fraction of sp³-hybridized carbons (Fsp3) is 0.900. The predicted octanol–water partition coefficient (Wildman–Crippen LogP) is 2.16. The van der Waals surface area contributed by atoms with Crippen LogP contribution in [0.1, 0.15) is 34.1 Å². The number of aliphatic carboxylic acids is 1. The standard InChI is InChI=1S/C10H20O3/c1-7(2)5-9(10(11)12)13-6-8(3)4/h7-9H,5-6H2,1-4H3,(H,11,12). The van der Waals surface area contributed by atoms with Gasteiger partial charge in [-0.25, -0.2) is 4.79 Å². The highest BCUT2D eigenvalue weighted by Gasteiger charge is 2.19. The second-order valence-electron chi connectivity index (χ2n) is 4.18. The number of hydrogen-bond donors (Lipinski definition) is 1. The fourth-order valence-corrected chi connectivity index (χ4v) is 0.977. The average Bonchev–Trinajstić information content (AvgIpc) is 1.96. The Morgan fingerprint density at radius 1 is 1.23 bits per heavy atom. The van der Waals surface area contributed by atoms with Crippen molar-refractivity contribution in [1.82, 2.24) is 0 Å². The third-order valence-electron chi connectivity index (χ3n) is 1.59. The summed E-state index contributed by atoms with van der Waals surface area (Å²) in [5, 5.41) is 8.81. The average molecular weight is 188 g/mol. The third-order valence-corrected chi connectivity index (χ3v) is 1.59. The summed E-state index contributed by atoms with van der Waals surface area (Å²) < 4.78 is 5.28. The Balaban J connectivity index is 3.88. The lowest BCUT2D eigenvalue weighted by molar-refractivity contribution is -0.152. The minimum absolute atomic E-state index is 0.355. The van der Waals surface area contributed by atoms with Crippen molar-refractivity contribution in [2.45, 2.75) is 40.2 Å². The number of ether oxygens (including phenoxy) is 1. The second-order valence-corrected chi connectivity index (χ2v) is 4.18. The monoisotopic (exact) mass is 188 g/mol. The molecule has 0 aromatic carbocycles. The van der Waals surface area contributed by atoms with Crippen LogP contribution in [0.3, 0.4) is 0 Å². The van der Waals surface area contributed by atoms with Crippen molar-refractivity contribution in [3.63, 3.8) is 0 Å². The molecule has 0 saturated heterocycles. The van der Waals surface area contributed by atoms with Gasteiger partial charge in [0.1, 0.15) is 0 Å². The summed E-state index contributed by atoms with van der Waals surface area (Å²) in [6, 6.07) is 0. The number of carbonyl (C=O) groups is 1. The molecule has 0 aliphatic carbocycles. The molecule has 0 rings (SSSR count). The second kappa shape index (κ2) is 5.97. The van der Waals surface area contributed by atoms with Gasteiger partial charge in [-0.3, -0.25) is 0 Å². The van der Waals surface area contributed by atoms with Crippen molar-refractivity contribution in [3.05, 3.63) is 0 Å². The Morgan fingerprint density at radius 3 is 2.08 bits per heavy atom. The van der Waals surface area contributed by atoms with Crippen LogP contribution in [0.4, 0.5) is 0 Å². The van der Waals surface area contributed by atoms with E-state index in [-0.39, 0.29) is 0 Å². The Hall–Kier alpha value is -0.570. The zero-order valence-corrected chi connectivity index (χ0v) is 8.91. The smallest absolute Gasteiger partial charge is 0.332 e. The van der Waals surface area contributed by atoms with Crippen molar-refractivity contribution >= 4 is 5.97 Å². The number of hydrogen-bond acceptors (Lipinski definition) is 2. The van der Waals surface area contributed by atoms with Crippen molar-refractivity contribution < 1.29 is 14.6 Å². The summed E-state index contributed by atoms with van der Waals surface area (Å²) in [5.41, 5.74) is 0. The summed E-state index contributed by atoms with van der Waals surface area (Å²) >= 11 is 0. The molecule has 0 radical (unpaired) electrons. The lowest BCUT2D eigenvalue weighted by Gasteiger charge is -2.16.